The lowest BCUT2D eigenvalue weighted by atomic mass is 10.2. The van der Waals surface area contributed by atoms with Crippen LogP contribution in [0.3, 0.4) is 0 Å². The third kappa shape index (κ3) is 3.51. The van der Waals surface area contributed by atoms with Crippen LogP contribution < -0.4 is 5.32 Å². The second-order valence-electron chi connectivity index (χ2n) is 3.71. The number of esters is 1. The zero-order chi connectivity index (χ0) is 11.3. The smallest absolute Gasteiger partial charge is 0.396 e. The average molecular weight is 214 g/mol. The standard InChI is InChI=1S/C10H18N2O3/c1-3-15-10(14)9(13)11-7-8-5-4-6-12(8)2/h8H,3-7H2,1-2H3,(H,11,13). The number of likely N-dealkylation sites (tertiary alicyclic amines) is 1. The van der Waals surface area contributed by atoms with Crippen molar-refractivity contribution in [1.29, 1.82) is 0 Å². The lowest BCUT2D eigenvalue weighted by Gasteiger charge is -2.19. The number of carbonyl (C=O) groups excluding carboxylic acids is 2. The summed E-state index contributed by atoms with van der Waals surface area (Å²) < 4.78 is 4.58. The second kappa shape index (κ2) is 5.70. The van der Waals surface area contributed by atoms with E-state index in [0.717, 1.165) is 19.4 Å². The van der Waals surface area contributed by atoms with E-state index in [1.165, 1.54) is 0 Å². The summed E-state index contributed by atoms with van der Waals surface area (Å²) in [6.07, 6.45) is 2.22. The van der Waals surface area contributed by atoms with E-state index in [2.05, 4.69) is 15.0 Å². The first-order valence-corrected chi connectivity index (χ1v) is 5.30. The van der Waals surface area contributed by atoms with Crippen LogP contribution in [0, 0.1) is 0 Å². The van der Waals surface area contributed by atoms with Crippen molar-refractivity contribution in [1.82, 2.24) is 10.2 Å². The summed E-state index contributed by atoms with van der Waals surface area (Å²) in [5.41, 5.74) is 0. The molecule has 0 spiro atoms. The van der Waals surface area contributed by atoms with Crippen LogP contribution in [-0.2, 0) is 14.3 Å². The molecule has 0 bridgehead atoms. The van der Waals surface area contributed by atoms with Gasteiger partial charge < -0.3 is 15.0 Å². The van der Waals surface area contributed by atoms with Crippen molar-refractivity contribution in [2.75, 3.05) is 26.7 Å². The van der Waals surface area contributed by atoms with Gasteiger partial charge in [-0.2, -0.15) is 0 Å². The maximum absolute atomic E-state index is 11.2. The highest BCUT2D eigenvalue weighted by molar-refractivity contribution is 6.32. The number of rotatable bonds is 3. The molecule has 15 heavy (non-hydrogen) atoms. The molecule has 0 aromatic carbocycles. The van der Waals surface area contributed by atoms with E-state index in [9.17, 15) is 9.59 Å². The van der Waals surface area contributed by atoms with E-state index in [4.69, 9.17) is 0 Å². The third-order valence-corrected chi connectivity index (χ3v) is 2.63. The summed E-state index contributed by atoms with van der Waals surface area (Å²) >= 11 is 0. The highest BCUT2D eigenvalue weighted by Crippen LogP contribution is 2.13. The number of nitrogens with zero attached hydrogens (tertiary/aromatic N) is 1. The van der Waals surface area contributed by atoms with E-state index in [1.807, 2.05) is 7.05 Å². The fraction of sp³-hybridized carbons (Fsp3) is 0.800. The Labute approximate surface area is 89.8 Å². The number of likely N-dealkylation sites (N-methyl/N-ethyl adjacent to an activating group) is 1. The topological polar surface area (TPSA) is 58.6 Å². The van der Waals surface area contributed by atoms with Crippen LogP contribution in [0.5, 0.6) is 0 Å². The van der Waals surface area contributed by atoms with Gasteiger partial charge in [-0.15, -0.1) is 0 Å². The number of amides is 1. The number of ether oxygens (including phenoxy) is 1. The maximum Gasteiger partial charge on any atom is 0.396 e. The summed E-state index contributed by atoms with van der Waals surface area (Å²) in [5, 5.41) is 2.58. The molecule has 0 aliphatic carbocycles. The Kier molecular flexibility index (Phi) is 4.55. The van der Waals surface area contributed by atoms with Crippen LogP contribution in [0.25, 0.3) is 0 Å². The van der Waals surface area contributed by atoms with Crippen molar-refractivity contribution in [3.05, 3.63) is 0 Å². The van der Waals surface area contributed by atoms with Gasteiger partial charge in [-0.05, 0) is 33.4 Å². The first kappa shape index (κ1) is 12.0. The Morgan fingerprint density at radius 1 is 1.53 bits per heavy atom. The number of hydrogen-bond acceptors (Lipinski definition) is 4. The zero-order valence-electron chi connectivity index (χ0n) is 9.28. The Balaban J connectivity index is 2.24. The number of carbonyl (C=O) groups is 2. The van der Waals surface area contributed by atoms with Crippen molar-refractivity contribution in [3.63, 3.8) is 0 Å². The fourth-order valence-corrected chi connectivity index (χ4v) is 1.72. The van der Waals surface area contributed by atoms with Crippen LogP contribution in [0.4, 0.5) is 0 Å². The molecular formula is C10H18N2O3. The molecule has 0 aromatic rings. The second-order valence-corrected chi connectivity index (χ2v) is 3.71. The average Bonchev–Trinajstić information content (AvgIpc) is 2.61. The van der Waals surface area contributed by atoms with Gasteiger partial charge >= 0.3 is 11.9 Å². The van der Waals surface area contributed by atoms with Crippen molar-refractivity contribution >= 4 is 11.9 Å². The molecule has 5 heteroatoms. The lowest BCUT2D eigenvalue weighted by molar-refractivity contribution is -0.154. The summed E-state index contributed by atoms with van der Waals surface area (Å²) in [4.78, 5) is 24.4. The summed E-state index contributed by atoms with van der Waals surface area (Å²) in [5.74, 6) is -1.43. The van der Waals surface area contributed by atoms with Gasteiger partial charge in [0.05, 0.1) is 6.61 Å². The van der Waals surface area contributed by atoms with E-state index >= 15 is 0 Å². The predicted octanol–water partition coefficient (Wildman–Crippen LogP) is -0.240. The van der Waals surface area contributed by atoms with Gasteiger partial charge in [0.15, 0.2) is 0 Å². The summed E-state index contributed by atoms with van der Waals surface area (Å²) in [6, 6.07) is 0.350. The highest BCUT2D eigenvalue weighted by Gasteiger charge is 2.22. The Morgan fingerprint density at radius 2 is 2.27 bits per heavy atom. The number of nitrogens with one attached hydrogen (secondary N) is 1. The predicted molar refractivity (Wildman–Crippen MR) is 55.3 cm³/mol. The molecule has 1 unspecified atom stereocenters. The molecular weight excluding hydrogens is 196 g/mol. The molecule has 0 radical (unpaired) electrons. The van der Waals surface area contributed by atoms with Crippen LogP contribution in [0.2, 0.25) is 0 Å². The monoisotopic (exact) mass is 214 g/mol. The first-order valence-electron chi connectivity index (χ1n) is 5.30. The zero-order valence-corrected chi connectivity index (χ0v) is 9.28. The molecule has 1 rings (SSSR count). The van der Waals surface area contributed by atoms with E-state index < -0.39 is 11.9 Å². The molecule has 1 amide bonds. The van der Waals surface area contributed by atoms with E-state index in [1.54, 1.807) is 6.92 Å². The minimum atomic E-state index is -0.793. The molecule has 1 saturated heterocycles. The van der Waals surface area contributed by atoms with Gasteiger partial charge in [-0.3, -0.25) is 4.79 Å². The molecule has 0 saturated carbocycles. The molecule has 1 atom stereocenters. The number of hydrogen-bond donors (Lipinski definition) is 1. The summed E-state index contributed by atoms with van der Waals surface area (Å²) in [7, 11) is 2.02. The van der Waals surface area contributed by atoms with Crippen molar-refractivity contribution in [2.45, 2.75) is 25.8 Å². The molecule has 1 aliphatic heterocycles. The SMILES string of the molecule is CCOC(=O)C(=O)NCC1CCCN1C. The fourth-order valence-electron chi connectivity index (χ4n) is 1.72. The molecule has 1 heterocycles. The lowest BCUT2D eigenvalue weighted by Crippen LogP contribution is -2.41. The van der Waals surface area contributed by atoms with Crippen LogP contribution in [-0.4, -0.2) is 49.6 Å². The van der Waals surface area contributed by atoms with Crippen molar-refractivity contribution < 1.29 is 14.3 Å². The molecule has 1 fully saturated rings. The molecule has 0 aromatic heterocycles. The van der Waals surface area contributed by atoms with Gasteiger partial charge in [-0.1, -0.05) is 0 Å². The van der Waals surface area contributed by atoms with Crippen LogP contribution in [0.1, 0.15) is 19.8 Å². The Bertz CT molecular complexity index is 243. The highest BCUT2D eigenvalue weighted by atomic mass is 16.5. The van der Waals surface area contributed by atoms with Gasteiger partial charge in [0.1, 0.15) is 0 Å². The van der Waals surface area contributed by atoms with Crippen molar-refractivity contribution in [2.24, 2.45) is 0 Å². The van der Waals surface area contributed by atoms with Crippen LogP contribution >= 0.6 is 0 Å². The van der Waals surface area contributed by atoms with Gasteiger partial charge in [-0.25, -0.2) is 4.79 Å². The third-order valence-electron chi connectivity index (χ3n) is 2.63. The minimum absolute atomic E-state index is 0.232. The molecule has 1 aliphatic rings. The van der Waals surface area contributed by atoms with Crippen molar-refractivity contribution in [3.8, 4) is 0 Å². The molecule has 1 N–H and O–H groups in total. The largest absolute Gasteiger partial charge is 0.459 e. The molecule has 5 nitrogen and oxygen atoms in total. The Hall–Kier alpha value is -1.10. The Morgan fingerprint density at radius 3 is 2.80 bits per heavy atom. The maximum atomic E-state index is 11.2. The van der Waals surface area contributed by atoms with Gasteiger partial charge in [0.2, 0.25) is 0 Å². The van der Waals surface area contributed by atoms with Crippen LogP contribution in [0.15, 0.2) is 0 Å². The van der Waals surface area contributed by atoms with Gasteiger partial charge in [0, 0.05) is 12.6 Å². The molecule has 86 valence electrons. The normalized spacial score (nSPS) is 21.3. The van der Waals surface area contributed by atoms with E-state index in [-0.39, 0.29) is 6.61 Å². The first-order chi connectivity index (χ1) is 7.15. The minimum Gasteiger partial charge on any atom is -0.459 e. The summed E-state index contributed by atoms with van der Waals surface area (Å²) in [6.45, 7) is 3.49. The van der Waals surface area contributed by atoms with Gasteiger partial charge in [0.25, 0.3) is 0 Å². The van der Waals surface area contributed by atoms with E-state index in [0.29, 0.717) is 12.6 Å². The quantitative estimate of drug-likeness (QED) is 0.520.